The van der Waals surface area contributed by atoms with E-state index in [4.69, 9.17) is 9.73 Å². The number of thioether (sulfide) groups is 2. The van der Waals surface area contributed by atoms with Gasteiger partial charge in [0.15, 0.2) is 5.17 Å². The van der Waals surface area contributed by atoms with E-state index in [2.05, 4.69) is 22.3 Å². The van der Waals surface area contributed by atoms with Crippen LogP contribution in [0.3, 0.4) is 0 Å². The Balaban J connectivity index is 1.31. The zero-order chi connectivity index (χ0) is 28.3. The number of carbonyl (C=O) groups excluding carboxylic acids is 2. The van der Waals surface area contributed by atoms with Crippen LogP contribution < -0.4 is 15.0 Å². The molecule has 4 aromatic rings. The van der Waals surface area contributed by atoms with Crippen molar-refractivity contribution < 1.29 is 14.3 Å². The zero-order valence-corrected chi connectivity index (χ0v) is 24.0. The summed E-state index contributed by atoms with van der Waals surface area (Å²) in [5.74, 6) is 0.276. The highest BCUT2D eigenvalue weighted by Gasteiger charge is 2.39. The molecule has 2 amide bonds. The molecule has 1 N–H and O–H groups in total. The summed E-state index contributed by atoms with van der Waals surface area (Å²) in [5, 5.41) is 4.41. The number of benzene rings is 4. The van der Waals surface area contributed by atoms with Gasteiger partial charge in [0.1, 0.15) is 10.7 Å². The molecule has 7 nitrogen and oxygen atoms in total. The lowest BCUT2D eigenvalue weighted by molar-refractivity contribution is -0.122. The Bertz CT molecular complexity index is 1700. The molecule has 6 rings (SSSR count). The Morgan fingerprint density at radius 3 is 2.49 bits per heavy atom. The number of anilines is 2. The highest BCUT2D eigenvalue weighted by Crippen LogP contribution is 2.50. The van der Waals surface area contributed by atoms with Crippen LogP contribution in [0.25, 0.3) is 0 Å². The summed E-state index contributed by atoms with van der Waals surface area (Å²) < 4.78 is 5.24. The second-order valence-corrected chi connectivity index (χ2v) is 11.4. The summed E-state index contributed by atoms with van der Waals surface area (Å²) in [7, 11) is 3.55. The molecule has 2 heterocycles. The van der Waals surface area contributed by atoms with E-state index < -0.39 is 0 Å². The smallest absolute Gasteiger partial charge is 0.269 e. The van der Waals surface area contributed by atoms with Crippen LogP contribution in [0.15, 0.2) is 123 Å². The van der Waals surface area contributed by atoms with Gasteiger partial charge < -0.3 is 15.0 Å². The standard InChI is InChI=1S/C32H26N4O3S2/c1-35-26-16-6-7-17-27(26)40-31(35)28-30(38)36(20-21-10-4-3-5-11-21)32(41-28)34-24-14-9-13-23(19-24)33-29(37)22-12-8-15-25(18-22)39-2/h3-19H,20H2,1-2H3,(H,33,37)/b31-28-,34-32-. The highest BCUT2D eigenvalue weighted by molar-refractivity contribution is 8.19. The van der Waals surface area contributed by atoms with E-state index in [0.29, 0.717) is 39.3 Å². The van der Waals surface area contributed by atoms with Gasteiger partial charge in [-0.2, -0.15) is 0 Å². The molecule has 204 valence electrons. The second-order valence-electron chi connectivity index (χ2n) is 9.37. The SMILES string of the molecule is COc1cccc(C(=O)Nc2cccc(/N=C3\S/C(=C4\Sc5ccccc5N4C)C(=O)N3Cc3ccccc3)c2)c1. The fourth-order valence-corrected chi connectivity index (χ4v) is 6.90. The summed E-state index contributed by atoms with van der Waals surface area (Å²) in [6, 6.07) is 32.3. The minimum atomic E-state index is -0.252. The van der Waals surface area contributed by atoms with Gasteiger partial charge >= 0.3 is 0 Å². The number of aliphatic imine (C=N–C) groups is 1. The van der Waals surface area contributed by atoms with Crippen LogP contribution in [0.4, 0.5) is 17.1 Å². The molecule has 0 unspecified atom stereocenters. The van der Waals surface area contributed by atoms with Crippen molar-refractivity contribution in [2.75, 3.05) is 24.4 Å². The number of hydrogen-bond acceptors (Lipinski definition) is 7. The predicted molar refractivity (Wildman–Crippen MR) is 167 cm³/mol. The molecule has 0 bridgehead atoms. The van der Waals surface area contributed by atoms with Crippen molar-refractivity contribution in [1.82, 2.24) is 4.90 Å². The van der Waals surface area contributed by atoms with E-state index in [1.165, 1.54) is 11.8 Å². The Morgan fingerprint density at radius 1 is 0.902 bits per heavy atom. The summed E-state index contributed by atoms with van der Waals surface area (Å²) in [5.41, 5.74) is 3.80. The number of ether oxygens (including phenoxy) is 1. The second kappa shape index (κ2) is 11.6. The van der Waals surface area contributed by atoms with Gasteiger partial charge in [-0.3, -0.25) is 14.5 Å². The maximum atomic E-state index is 13.9. The van der Waals surface area contributed by atoms with Crippen molar-refractivity contribution in [2.45, 2.75) is 11.4 Å². The number of para-hydroxylation sites is 1. The van der Waals surface area contributed by atoms with Gasteiger partial charge in [0.05, 0.1) is 30.1 Å². The predicted octanol–water partition coefficient (Wildman–Crippen LogP) is 7.12. The fraction of sp³-hybridized carbons (Fsp3) is 0.0938. The summed E-state index contributed by atoms with van der Waals surface area (Å²) in [6.07, 6.45) is 0. The molecule has 4 aromatic carbocycles. The van der Waals surface area contributed by atoms with Gasteiger partial charge in [0.25, 0.3) is 11.8 Å². The number of methoxy groups -OCH3 is 1. The molecule has 41 heavy (non-hydrogen) atoms. The molecule has 0 spiro atoms. The van der Waals surface area contributed by atoms with E-state index >= 15 is 0 Å². The number of carbonyl (C=O) groups is 2. The van der Waals surface area contributed by atoms with Gasteiger partial charge in [0.2, 0.25) is 0 Å². The van der Waals surface area contributed by atoms with Crippen molar-refractivity contribution in [3.05, 3.63) is 124 Å². The average Bonchev–Trinajstić information content (AvgIpc) is 3.49. The molecule has 0 saturated carbocycles. The lowest BCUT2D eigenvalue weighted by atomic mass is 10.2. The number of amidine groups is 1. The van der Waals surface area contributed by atoms with Gasteiger partial charge in [-0.05, 0) is 65.9 Å². The summed E-state index contributed by atoms with van der Waals surface area (Å²) in [6.45, 7) is 0.399. The van der Waals surface area contributed by atoms with E-state index in [9.17, 15) is 9.59 Å². The number of fused-ring (bicyclic) bond motifs is 1. The fourth-order valence-electron chi connectivity index (χ4n) is 4.56. The summed E-state index contributed by atoms with van der Waals surface area (Å²) >= 11 is 2.97. The largest absolute Gasteiger partial charge is 0.497 e. The number of nitrogens with zero attached hydrogens (tertiary/aromatic N) is 3. The quantitative estimate of drug-likeness (QED) is 0.246. The van der Waals surface area contributed by atoms with Gasteiger partial charge in [-0.15, -0.1) is 0 Å². The van der Waals surface area contributed by atoms with E-state index in [-0.39, 0.29) is 11.8 Å². The highest BCUT2D eigenvalue weighted by atomic mass is 32.2. The van der Waals surface area contributed by atoms with Crippen LogP contribution in [0.5, 0.6) is 5.75 Å². The lowest BCUT2D eigenvalue weighted by Crippen LogP contribution is -2.29. The summed E-state index contributed by atoms with van der Waals surface area (Å²) in [4.78, 5) is 37.2. The zero-order valence-electron chi connectivity index (χ0n) is 22.4. The Morgan fingerprint density at radius 2 is 1.68 bits per heavy atom. The average molecular weight is 579 g/mol. The Labute approximate surface area is 246 Å². The molecule has 0 aliphatic carbocycles. The molecule has 1 saturated heterocycles. The third kappa shape index (κ3) is 5.59. The number of hydrogen-bond donors (Lipinski definition) is 1. The monoisotopic (exact) mass is 578 g/mol. The molecule has 9 heteroatoms. The molecular weight excluding hydrogens is 553 g/mol. The van der Waals surface area contributed by atoms with Crippen LogP contribution in [-0.2, 0) is 11.3 Å². The maximum Gasteiger partial charge on any atom is 0.269 e. The molecule has 0 radical (unpaired) electrons. The normalized spacial score (nSPS) is 17.2. The van der Waals surface area contributed by atoms with Crippen LogP contribution in [0, 0.1) is 0 Å². The van der Waals surface area contributed by atoms with Crippen molar-refractivity contribution in [3.63, 3.8) is 0 Å². The molecule has 1 fully saturated rings. The van der Waals surface area contributed by atoms with Crippen molar-refractivity contribution in [2.24, 2.45) is 4.99 Å². The molecule has 0 aromatic heterocycles. The van der Waals surface area contributed by atoms with Gasteiger partial charge in [-0.1, -0.05) is 66.4 Å². The first kappa shape index (κ1) is 26.7. The van der Waals surface area contributed by atoms with Crippen molar-refractivity contribution in [1.29, 1.82) is 0 Å². The molecule has 2 aliphatic rings. The van der Waals surface area contributed by atoms with Crippen molar-refractivity contribution >= 4 is 57.6 Å². The topological polar surface area (TPSA) is 74.2 Å². The molecular formula is C32H26N4O3S2. The minimum absolute atomic E-state index is 0.0813. The number of rotatable bonds is 6. The third-order valence-corrected chi connectivity index (χ3v) is 9.07. The van der Waals surface area contributed by atoms with E-state index in [1.54, 1.807) is 54.1 Å². The van der Waals surface area contributed by atoms with E-state index in [1.807, 2.05) is 67.7 Å². The molecule has 0 atom stereocenters. The van der Waals surface area contributed by atoms with Crippen LogP contribution in [0.1, 0.15) is 15.9 Å². The van der Waals surface area contributed by atoms with Crippen molar-refractivity contribution in [3.8, 4) is 5.75 Å². The minimum Gasteiger partial charge on any atom is -0.497 e. The van der Waals surface area contributed by atoms with Crippen LogP contribution >= 0.6 is 23.5 Å². The number of amides is 2. The molecule has 2 aliphatic heterocycles. The first-order chi connectivity index (χ1) is 20.0. The Kier molecular flexibility index (Phi) is 7.54. The van der Waals surface area contributed by atoms with Crippen LogP contribution in [0.2, 0.25) is 0 Å². The first-order valence-corrected chi connectivity index (χ1v) is 14.6. The van der Waals surface area contributed by atoms with Crippen LogP contribution in [-0.4, -0.2) is 36.0 Å². The first-order valence-electron chi connectivity index (χ1n) is 12.9. The maximum absolute atomic E-state index is 13.9. The van der Waals surface area contributed by atoms with Gasteiger partial charge in [-0.25, -0.2) is 4.99 Å². The lowest BCUT2D eigenvalue weighted by Gasteiger charge is -2.17. The number of nitrogens with one attached hydrogen (secondary N) is 1. The van der Waals surface area contributed by atoms with E-state index in [0.717, 1.165) is 21.2 Å². The Hall–Kier alpha value is -4.47. The third-order valence-electron chi connectivity index (χ3n) is 6.64. The van der Waals surface area contributed by atoms with Gasteiger partial charge in [0, 0.05) is 23.2 Å².